The van der Waals surface area contributed by atoms with Crippen LogP contribution < -0.4 is 0 Å². The van der Waals surface area contributed by atoms with E-state index in [-0.39, 0.29) is 35.6 Å². The maximum Gasteiger partial charge on any atom is 0.203 e. The summed E-state index contributed by atoms with van der Waals surface area (Å²) in [7, 11) is 0. The minimum absolute atomic E-state index is 0.0330. The minimum atomic E-state index is -2.63. The molecule has 3 aliphatic rings. The van der Waals surface area contributed by atoms with E-state index in [0.717, 1.165) is 18.1 Å². The van der Waals surface area contributed by atoms with Gasteiger partial charge in [-0.05, 0) is 61.9 Å². The predicted molar refractivity (Wildman–Crippen MR) is 153 cm³/mol. The number of fused-ring (bicyclic) bond motifs is 3. The number of benzene rings is 2. The Labute approximate surface area is 239 Å². The molecular weight excluding hydrogens is 520 g/mol. The first-order chi connectivity index (χ1) is 19.1. The van der Waals surface area contributed by atoms with E-state index in [2.05, 4.69) is 11.8 Å². The van der Waals surface area contributed by atoms with E-state index in [1.807, 2.05) is 31.2 Å². The van der Waals surface area contributed by atoms with Crippen LogP contribution >= 0.6 is 0 Å². The number of Topliss-reactive ketones (excluding diaryl/α,β-unsaturated/α-hetero) is 3. The van der Waals surface area contributed by atoms with Gasteiger partial charge in [0.05, 0.1) is 5.56 Å². The van der Waals surface area contributed by atoms with E-state index in [4.69, 9.17) is 0 Å². The fraction of sp³-hybridized carbons (Fsp3) is 0.382. The number of hydrogen-bond donors (Lipinski definition) is 4. The van der Waals surface area contributed by atoms with E-state index >= 15 is 0 Å². The van der Waals surface area contributed by atoms with Gasteiger partial charge in [0.1, 0.15) is 22.8 Å². The molecule has 7 heteroatoms. The zero-order chi connectivity index (χ0) is 30.2. The average Bonchev–Trinajstić information content (AvgIpc) is 2.86. The SMILES string of the molecule is CC(=O)C1=C(O)[C@]2(O)C(=O)C3=C(O)c4c(O)ccc(C#Cc5ccccc5C)c4C[C@]3(C)C[C@]2(C)C(C(C)C)C1=O. The lowest BCUT2D eigenvalue weighted by Crippen LogP contribution is -2.69. The Balaban J connectivity index is 1.78. The Morgan fingerprint density at radius 3 is 2.24 bits per heavy atom. The largest absolute Gasteiger partial charge is 0.508 e. The number of phenols is 1. The van der Waals surface area contributed by atoms with Crippen LogP contribution in [0.3, 0.4) is 0 Å². The molecule has 0 spiro atoms. The number of aliphatic hydroxyl groups excluding tert-OH is 2. The molecule has 0 radical (unpaired) electrons. The van der Waals surface area contributed by atoms with Crippen LogP contribution in [0.15, 0.2) is 53.3 Å². The topological polar surface area (TPSA) is 132 Å². The molecule has 0 amide bonds. The lowest BCUT2D eigenvalue weighted by Gasteiger charge is -2.59. The van der Waals surface area contributed by atoms with Crippen LogP contribution in [0.4, 0.5) is 0 Å². The lowest BCUT2D eigenvalue weighted by molar-refractivity contribution is -0.178. The van der Waals surface area contributed by atoms with Crippen molar-refractivity contribution in [3.63, 3.8) is 0 Å². The summed E-state index contributed by atoms with van der Waals surface area (Å²) in [6.45, 7) is 9.97. The third-order valence-corrected chi connectivity index (χ3v) is 9.37. The highest BCUT2D eigenvalue weighted by molar-refractivity contribution is 6.24. The van der Waals surface area contributed by atoms with Gasteiger partial charge in [0.15, 0.2) is 17.2 Å². The van der Waals surface area contributed by atoms with Gasteiger partial charge < -0.3 is 20.4 Å². The highest BCUT2D eigenvalue weighted by Gasteiger charge is 2.72. The highest BCUT2D eigenvalue weighted by atomic mass is 16.3. The zero-order valence-electron chi connectivity index (χ0n) is 24.0. The second-order valence-electron chi connectivity index (χ2n) is 12.5. The first-order valence-electron chi connectivity index (χ1n) is 13.7. The van der Waals surface area contributed by atoms with E-state index in [0.29, 0.717) is 11.1 Å². The molecule has 0 heterocycles. The number of carbonyl (C=O) groups is 3. The molecule has 5 rings (SSSR count). The van der Waals surface area contributed by atoms with Gasteiger partial charge in [-0.2, -0.15) is 0 Å². The Bertz CT molecular complexity index is 1680. The van der Waals surface area contributed by atoms with Crippen molar-refractivity contribution in [2.45, 2.75) is 60.0 Å². The third kappa shape index (κ3) is 3.74. The van der Waals surface area contributed by atoms with Crippen molar-refractivity contribution in [3.05, 3.63) is 81.1 Å². The smallest absolute Gasteiger partial charge is 0.203 e. The molecule has 3 aliphatic carbocycles. The number of aliphatic hydroxyl groups is 3. The van der Waals surface area contributed by atoms with E-state index in [1.54, 1.807) is 33.8 Å². The lowest BCUT2D eigenvalue weighted by atomic mass is 9.43. The Morgan fingerprint density at radius 2 is 1.63 bits per heavy atom. The van der Waals surface area contributed by atoms with Gasteiger partial charge in [0, 0.05) is 33.4 Å². The number of ketones is 3. The molecule has 2 aromatic carbocycles. The summed E-state index contributed by atoms with van der Waals surface area (Å²) in [6, 6.07) is 10.7. The van der Waals surface area contributed by atoms with Crippen LogP contribution in [0.1, 0.15) is 68.9 Å². The van der Waals surface area contributed by atoms with Gasteiger partial charge in [0.2, 0.25) is 5.78 Å². The van der Waals surface area contributed by atoms with E-state index < -0.39 is 56.8 Å². The number of hydrogen-bond acceptors (Lipinski definition) is 7. The molecule has 212 valence electrons. The third-order valence-electron chi connectivity index (χ3n) is 9.37. The fourth-order valence-corrected chi connectivity index (χ4v) is 7.68. The summed E-state index contributed by atoms with van der Waals surface area (Å²) in [6.07, 6.45) is 0.208. The number of allylic oxidation sites excluding steroid dienone is 1. The van der Waals surface area contributed by atoms with Crippen LogP contribution in [0.25, 0.3) is 5.76 Å². The van der Waals surface area contributed by atoms with Gasteiger partial charge in [-0.25, -0.2) is 0 Å². The molecule has 0 aromatic heterocycles. The Hall–Kier alpha value is -4.15. The van der Waals surface area contributed by atoms with Crippen LogP contribution in [0, 0.1) is 41.4 Å². The molecule has 7 nitrogen and oxygen atoms in total. The summed E-state index contributed by atoms with van der Waals surface area (Å²) in [5.41, 5.74) is -3.00. The molecule has 2 aromatic rings. The van der Waals surface area contributed by atoms with Gasteiger partial charge >= 0.3 is 0 Å². The average molecular weight is 555 g/mol. The molecule has 1 fully saturated rings. The van der Waals surface area contributed by atoms with Gasteiger partial charge in [-0.3, -0.25) is 14.4 Å². The number of phenolic OH excluding ortho intramolecular Hbond substituents is 1. The number of aromatic hydroxyl groups is 1. The van der Waals surface area contributed by atoms with Crippen molar-refractivity contribution in [2.75, 3.05) is 0 Å². The fourth-order valence-electron chi connectivity index (χ4n) is 7.68. The molecular formula is C34H34O7. The highest BCUT2D eigenvalue weighted by Crippen LogP contribution is 2.65. The number of rotatable bonds is 2. The monoisotopic (exact) mass is 554 g/mol. The molecule has 1 unspecified atom stereocenters. The maximum atomic E-state index is 14.3. The van der Waals surface area contributed by atoms with Crippen LogP contribution in [0.5, 0.6) is 5.75 Å². The molecule has 0 saturated heterocycles. The van der Waals surface area contributed by atoms with Gasteiger partial charge in [0.25, 0.3) is 0 Å². The second kappa shape index (κ2) is 9.19. The first kappa shape index (κ1) is 28.4. The standard InChI is InChI=1S/C34H34O7/c1-17(2)26-28(37)24(19(4)35)30(39)34(41)31(40)27-29(38)25-22(15-32(27,5)16-33(26,34)6)21(13-14-23(25)36)12-11-20-10-8-7-9-18(20)3/h7-10,13-14,17,26,36,38-39,41H,15-16H2,1-6H3/t26?,32-,33-,34+/m1/s1. The summed E-state index contributed by atoms with van der Waals surface area (Å²) >= 11 is 0. The van der Waals surface area contributed by atoms with Crippen LogP contribution in [-0.2, 0) is 20.8 Å². The van der Waals surface area contributed by atoms with Crippen molar-refractivity contribution >= 4 is 23.1 Å². The van der Waals surface area contributed by atoms with Crippen molar-refractivity contribution in [1.29, 1.82) is 0 Å². The molecule has 0 aliphatic heterocycles. The molecule has 4 atom stereocenters. The zero-order valence-corrected chi connectivity index (χ0v) is 24.0. The van der Waals surface area contributed by atoms with Crippen molar-refractivity contribution in [1.82, 2.24) is 0 Å². The van der Waals surface area contributed by atoms with E-state index in [9.17, 15) is 34.8 Å². The summed E-state index contributed by atoms with van der Waals surface area (Å²) in [4.78, 5) is 40.5. The van der Waals surface area contributed by atoms with Gasteiger partial charge in [-0.1, -0.05) is 57.7 Å². The molecule has 0 bridgehead atoms. The predicted octanol–water partition coefficient (Wildman–Crippen LogP) is 4.90. The normalized spacial score (nSPS) is 29.0. The van der Waals surface area contributed by atoms with Crippen molar-refractivity contribution in [2.24, 2.45) is 22.7 Å². The minimum Gasteiger partial charge on any atom is -0.508 e. The summed E-state index contributed by atoms with van der Waals surface area (Å²) < 4.78 is 0. The Kier molecular flexibility index (Phi) is 6.36. The van der Waals surface area contributed by atoms with Crippen LogP contribution in [-0.4, -0.2) is 43.4 Å². The van der Waals surface area contributed by atoms with Crippen molar-refractivity contribution < 1.29 is 34.8 Å². The number of carbonyl (C=O) groups excluding carboxylic acids is 3. The second-order valence-corrected chi connectivity index (χ2v) is 12.5. The van der Waals surface area contributed by atoms with E-state index in [1.165, 1.54) is 6.07 Å². The summed E-state index contributed by atoms with van der Waals surface area (Å²) in [5.74, 6) is 0.892. The Morgan fingerprint density at radius 1 is 1.00 bits per heavy atom. The van der Waals surface area contributed by atoms with Crippen LogP contribution in [0.2, 0.25) is 0 Å². The molecule has 1 saturated carbocycles. The quantitative estimate of drug-likeness (QED) is 0.307. The van der Waals surface area contributed by atoms with Crippen molar-refractivity contribution in [3.8, 4) is 17.6 Å². The number of aryl methyl sites for hydroxylation is 1. The summed E-state index contributed by atoms with van der Waals surface area (Å²) in [5, 5.41) is 45.8. The first-order valence-corrected chi connectivity index (χ1v) is 13.7. The maximum absolute atomic E-state index is 14.3. The molecule has 4 N–H and O–H groups in total. The van der Waals surface area contributed by atoms with Gasteiger partial charge in [-0.15, -0.1) is 0 Å². The molecule has 41 heavy (non-hydrogen) atoms.